The van der Waals surface area contributed by atoms with Gasteiger partial charge in [-0.25, -0.2) is 14.6 Å². The molecular weight excluding hydrogens is 485 g/mol. The van der Waals surface area contributed by atoms with Crippen molar-refractivity contribution in [2.45, 2.75) is 52.3 Å². The summed E-state index contributed by atoms with van der Waals surface area (Å²) in [5.41, 5.74) is 1.39. The van der Waals surface area contributed by atoms with Gasteiger partial charge in [-0.15, -0.1) is 0 Å². The number of amides is 1. The monoisotopic (exact) mass is 516 g/mol. The van der Waals surface area contributed by atoms with E-state index in [2.05, 4.69) is 32.2 Å². The van der Waals surface area contributed by atoms with E-state index in [0.29, 0.717) is 17.3 Å². The number of methoxy groups -OCH3 is 1. The van der Waals surface area contributed by atoms with Gasteiger partial charge in [0.2, 0.25) is 0 Å². The van der Waals surface area contributed by atoms with E-state index in [1.807, 2.05) is 13.0 Å². The minimum absolute atomic E-state index is 0.186. The van der Waals surface area contributed by atoms with Crippen LogP contribution < -0.4 is 10.2 Å². The van der Waals surface area contributed by atoms with Crippen molar-refractivity contribution in [3.8, 4) is 5.82 Å². The highest BCUT2D eigenvalue weighted by Crippen LogP contribution is 2.30. The summed E-state index contributed by atoms with van der Waals surface area (Å²) in [6, 6.07) is 4.03. The van der Waals surface area contributed by atoms with Gasteiger partial charge >= 0.3 is 6.18 Å². The molecule has 0 aromatic carbocycles. The second kappa shape index (κ2) is 10.9. The Balaban J connectivity index is 1.42. The second-order valence-corrected chi connectivity index (χ2v) is 9.28. The number of halogens is 3. The Labute approximate surface area is 213 Å². The van der Waals surface area contributed by atoms with Gasteiger partial charge in [0, 0.05) is 26.4 Å². The summed E-state index contributed by atoms with van der Waals surface area (Å²) < 4.78 is 45.4. The molecule has 1 saturated heterocycles. The summed E-state index contributed by atoms with van der Waals surface area (Å²) in [6.07, 6.45) is 2.65. The number of nitrogens with one attached hydrogen (secondary N) is 1. The smallest absolute Gasteiger partial charge is 0.381 e. The third-order valence-electron chi connectivity index (χ3n) is 6.93. The van der Waals surface area contributed by atoms with E-state index in [4.69, 9.17) is 4.74 Å². The number of rotatable bonds is 7. The quantitative estimate of drug-likeness (QED) is 0.465. The first kappa shape index (κ1) is 26.6. The van der Waals surface area contributed by atoms with Crippen LogP contribution in [0.15, 0.2) is 36.8 Å². The van der Waals surface area contributed by atoms with Crippen molar-refractivity contribution >= 4 is 17.4 Å². The second-order valence-electron chi connectivity index (χ2n) is 9.28. The first-order valence-corrected chi connectivity index (χ1v) is 12.3. The molecule has 1 unspecified atom stereocenters. The number of carbonyl (C=O) groups excluding carboxylic acids is 1. The maximum atomic E-state index is 12.9. The minimum Gasteiger partial charge on any atom is -0.381 e. The Morgan fingerprint density at radius 1 is 1.16 bits per heavy atom. The lowest BCUT2D eigenvalue weighted by molar-refractivity contribution is -0.137. The van der Waals surface area contributed by atoms with Crippen LogP contribution >= 0.6 is 0 Å². The Morgan fingerprint density at radius 2 is 1.89 bits per heavy atom. The van der Waals surface area contributed by atoms with Crippen molar-refractivity contribution in [2.75, 3.05) is 30.4 Å². The van der Waals surface area contributed by atoms with Crippen LogP contribution in [-0.4, -0.2) is 52.0 Å². The van der Waals surface area contributed by atoms with Gasteiger partial charge in [0.25, 0.3) is 5.91 Å². The van der Waals surface area contributed by atoms with Crippen molar-refractivity contribution in [1.29, 1.82) is 0 Å². The van der Waals surface area contributed by atoms with Crippen LogP contribution in [0.3, 0.4) is 0 Å². The highest BCUT2D eigenvalue weighted by Gasteiger charge is 2.31. The molecule has 37 heavy (non-hydrogen) atoms. The third-order valence-corrected chi connectivity index (χ3v) is 6.93. The largest absolute Gasteiger partial charge is 0.417 e. The molecule has 4 heterocycles. The average Bonchev–Trinajstić information content (AvgIpc) is 3.26. The lowest BCUT2D eigenvalue weighted by Crippen LogP contribution is -2.39. The van der Waals surface area contributed by atoms with Crippen LogP contribution in [0.25, 0.3) is 5.82 Å². The SMILES string of the molecule is CCC(OC)C1CCN(c2ncc(NC(=O)c3cnn(-c4ccc(C(F)(F)F)cn4)c3C)cc2C)CC1. The molecule has 0 saturated carbocycles. The molecule has 1 aliphatic heterocycles. The van der Waals surface area contributed by atoms with Crippen LogP contribution in [0.4, 0.5) is 24.7 Å². The fraction of sp³-hybridized carbons (Fsp3) is 0.462. The third kappa shape index (κ3) is 5.76. The van der Waals surface area contributed by atoms with Crippen molar-refractivity contribution in [2.24, 2.45) is 5.92 Å². The summed E-state index contributed by atoms with van der Waals surface area (Å²) in [5, 5.41) is 6.99. The molecule has 3 aromatic heterocycles. The van der Waals surface area contributed by atoms with Crippen LogP contribution in [0.2, 0.25) is 0 Å². The number of hydrogen-bond acceptors (Lipinski definition) is 6. The van der Waals surface area contributed by atoms with Gasteiger partial charge in [-0.05, 0) is 62.8 Å². The molecule has 0 aliphatic carbocycles. The summed E-state index contributed by atoms with van der Waals surface area (Å²) in [4.78, 5) is 23.7. The van der Waals surface area contributed by atoms with Gasteiger partial charge in [-0.3, -0.25) is 4.79 Å². The van der Waals surface area contributed by atoms with Gasteiger partial charge in [0.05, 0.1) is 41.0 Å². The van der Waals surface area contributed by atoms with Gasteiger partial charge in [0.1, 0.15) is 5.82 Å². The lowest BCUT2D eigenvalue weighted by Gasteiger charge is -2.36. The molecule has 1 N–H and O–H groups in total. The molecule has 198 valence electrons. The summed E-state index contributed by atoms with van der Waals surface area (Å²) >= 11 is 0. The lowest BCUT2D eigenvalue weighted by atomic mass is 9.89. The normalized spacial score (nSPS) is 15.6. The Bertz CT molecular complexity index is 1230. The van der Waals surface area contributed by atoms with Gasteiger partial charge < -0.3 is 15.0 Å². The highest BCUT2D eigenvalue weighted by molar-refractivity contribution is 6.05. The van der Waals surface area contributed by atoms with Crippen LogP contribution in [0.1, 0.15) is 53.4 Å². The number of nitrogens with zero attached hydrogens (tertiary/aromatic N) is 5. The molecule has 0 bridgehead atoms. The molecule has 0 radical (unpaired) electrons. The van der Waals surface area contributed by atoms with Gasteiger partial charge in [-0.1, -0.05) is 6.92 Å². The number of ether oxygens (including phenoxy) is 1. The number of alkyl halides is 3. The molecule has 3 aromatic rings. The standard InChI is InChI=1S/C26H31F3N6O2/c1-5-22(37-4)18-8-10-34(11-9-18)24-16(2)12-20(14-31-24)33-25(36)21-15-32-35(17(21)3)23-7-6-19(13-30-23)26(27,28)29/h6-7,12-15,18,22H,5,8-11H2,1-4H3,(H,33,36). The maximum absolute atomic E-state index is 12.9. The Morgan fingerprint density at radius 3 is 2.46 bits per heavy atom. The number of carbonyl (C=O) groups is 1. The van der Waals surface area contributed by atoms with Crippen molar-refractivity contribution < 1.29 is 22.7 Å². The Kier molecular flexibility index (Phi) is 7.82. The van der Waals surface area contributed by atoms with Crippen molar-refractivity contribution in [1.82, 2.24) is 19.7 Å². The zero-order chi connectivity index (χ0) is 26.7. The number of anilines is 2. The molecule has 4 rings (SSSR count). The number of pyridine rings is 2. The van der Waals surface area contributed by atoms with Gasteiger partial charge in [-0.2, -0.15) is 18.3 Å². The van der Waals surface area contributed by atoms with Crippen LogP contribution in [0.5, 0.6) is 0 Å². The summed E-state index contributed by atoms with van der Waals surface area (Å²) in [7, 11) is 1.78. The van der Waals surface area contributed by atoms with E-state index in [-0.39, 0.29) is 17.5 Å². The van der Waals surface area contributed by atoms with E-state index in [9.17, 15) is 18.0 Å². The number of piperidine rings is 1. The number of aryl methyl sites for hydroxylation is 1. The molecule has 1 fully saturated rings. The maximum Gasteiger partial charge on any atom is 0.417 e. The predicted octanol–water partition coefficient (Wildman–Crippen LogP) is 5.19. The zero-order valence-corrected chi connectivity index (χ0v) is 21.3. The number of aromatic nitrogens is 4. The van der Waals surface area contributed by atoms with Crippen LogP contribution in [-0.2, 0) is 10.9 Å². The minimum atomic E-state index is -4.48. The molecular formula is C26H31F3N6O2. The average molecular weight is 517 g/mol. The molecule has 8 nitrogen and oxygen atoms in total. The summed E-state index contributed by atoms with van der Waals surface area (Å²) in [5.74, 6) is 1.24. The molecule has 1 aliphatic rings. The van der Waals surface area contributed by atoms with Gasteiger partial charge in [0.15, 0.2) is 5.82 Å². The number of hydrogen-bond donors (Lipinski definition) is 1. The molecule has 1 atom stereocenters. The molecule has 0 spiro atoms. The van der Waals surface area contributed by atoms with E-state index in [1.165, 1.54) is 16.9 Å². The predicted molar refractivity (Wildman–Crippen MR) is 134 cm³/mol. The zero-order valence-electron chi connectivity index (χ0n) is 21.3. The van der Waals surface area contributed by atoms with E-state index in [1.54, 1.807) is 20.2 Å². The first-order valence-electron chi connectivity index (χ1n) is 12.3. The summed E-state index contributed by atoms with van der Waals surface area (Å²) in [6.45, 7) is 7.58. The van der Waals surface area contributed by atoms with Crippen molar-refractivity contribution in [3.05, 3.63) is 59.2 Å². The highest BCUT2D eigenvalue weighted by atomic mass is 19.4. The van der Waals surface area contributed by atoms with Crippen molar-refractivity contribution in [3.63, 3.8) is 0 Å². The fourth-order valence-electron chi connectivity index (χ4n) is 4.88. The van der Waals surface area contributed by atoms with E-state index in [0.717, 1.165) is 56.0 Å². The van der Waals surface area contributed by atoms with Crippen LogP contribution in [0, 0.1) is 19.8 Å². The van der Waals surface area contributed by atoms with E-state index >= 15 is 0 Å². The fourth-order valence-corrected chi connectivity index (χ4v) is 4.88. The molecule has 1 amide bonds. The Hall–Kier alpha value is -3.47. The molecule has 11 heteroatoms. The first-order chi connectivity index (χ1) is 17.6. The topological polar surface area (TPSA) is 85.2 Å². The van der Waals surface area contributed by atoms with E-state index < -0.39 is 17.6 Å².